The predicted octanol–water partition coefficient (Wildman–Crippen LogP) is 2.58. The van der Waals surface area contributed by atoms with Crippen molar-refractivity contribution in [2.45, 2.75) is 19.8 Å². The van der Waals surface area contributed by atoms with Crippen LogP contribution in [0, 0.1) is 0 Å². The van der Waals surface area contributed by atoms with Crippen molar-refractivity contribution in [1.82, 2.24) is 20.2 Å². The molecule has 0 aliphatic carbocycles. The molecule has 3 heterocycles. The number of nitrogens with zero attached hydrogens (tertiary/aromatic N) is 4. The van der Waals surface area contributed by atoms with Gasteiger partial charge in [0.1, 0.15) is 11.3 Å². The number of anilines is 2. The lowest BCUT2D eigenvalue weighted by Crippen LogP contribution is -2.13. The molecule has 8 nitrogen and oxygen atoms in total. The van der Waals surface area contributed by atoms with Gasteiger partial charge in [0, 0.05) is 31.2 Å². The molecule has 0 aliphatic rings. The Morgan fingerprint density at radius 3 is 2.85 bits per heavy atom. The van der Waals surface area contributed by atoms with E-state index in [1.807, 2.05) is 6.07 Å². The Morgan fingerprint density at radius 2 is 2.15 bits per heavy atom. The quantitative estimate of drug-likeness (QED) is 0.599. The van der Waals surface area contributed by atoms with E-state index in [1.165, 1.54) is 12.4 Å². The molecule has 0 amide bonds. The van der Waals surface area contributed by atoms with E-state index in [4.69, 9.17) is 5.73 Å². The second-order valence-electron chi connectivity index (χ2n) is 6.29. The summed E-state index contributed by atoms with van der Waals surface area (Å²) in [5.74, 6) is 1.40. The standard InChI is InChI=1S/C19H21N7O/c1-11(2)12-6-17(26-23-9-12)24-16-5-4-15-18(25-16)19(27)14(10-22-15)13(7-20)8-21-3/h4-11H,20H2,1-3H3,(H,22,27)(H,24,25,26). The third kappa shape index (κ3) is 3.84. The predicted molar refractivity (Wildman–Crippen MR) is 108 cm³/mol. The molecule has 27 heavy (non-hydrogen) atoms. The lowest BCUT2D eigenvalue weighted by atomic mass is 10.1. The van der Waals surface area contributed by atoms with E-state index in [0.717, 1.165) is 5.56 Å². The SMILES string of the molecule is CN=CC(=CN)c1c[nH]c2ccc(Nc3cc(C(C)C)cnn3)nc2c1=O. The first-order valence-corrected chi connectivity index (χ1v) is 8.50. The Labute approximate surface area is 156 Å². The summed E-state index contributed by atoms with van der Waals surface area (Å²) in [5.41, 5.74) is 8.31. The van der Waals surface area contributed by atoms with E-state index in [9.17, 15) is 4.79 Å². The average Bonchev–Trinajstić information content (AvgIpc) is 2.67. The number of aromatic nitrogens is 4. The van der Waals surface area contributed by atoms with Crippen LogP contribution < -0.4 is 16.5 Å². The van der Waals surface area contributed by atoms with Crippen molar-refractivity contribution >= 4 is 34.5 Å². The van der Waals surface area contributed by atoms with Crippen molar-refractivity contribution in [1.29, 1.82) is 0 Å². The zero-order valence-electron chi connectivity index (χ0n) is 15.4. The van der Waals surface area contributed by atoms with Crippen LogP contribution in [0.2, 0.25) is 0 Å². The Hall–Kier alpha value is -3.55. The van der Waals surface area contributed by atoms with Gasteiger partial charge in [0.2, 0.25) is 5.43 Å². The van der Waals surface area contributed by atoms with Gasteiger partial charge in [0.25, 0.3) is 0 Å². The molecule has 0 atom stereocenters. The highest BCUT2D eigenvalue weighted by atomic mass is 16.1. The molecule has 138 valence electrons. The molecule has 3 aromatic rings. The topological polar surface area (TPSA) is 122 Å². The van der Waals surface area contributed by atoms with E-state index in [1.54, 1.807) is 31.6 Å². The number of nitrogens with two attached hydrogens (primary N) is 1. The highest BCUT2D eigenvalue weighted by Gasteiger charge is 2.11. The van der Waals surface area contributed by atoms with Gasteiger partial charge in [0.05, 0.1) is 17.3 Å². The normalized spacial score (nSPS) is 12.2. The van der Waals surface area contributed by atoms with Crippen LogP contribution in [0.15, 0.2) is 46.6 Å². The molecule has 4 N–H and O–H groups in total. The van der Waals surface area contributed by atoms with Crippen molar-refractivity contribution in [3.05, 3.63) is 58.1 Å². The maximum atomic E-state index is 12.9. The number of rotatable bonds is 5. The molecule has 8 heteroatoms. The molecule has 0 bridgehead atoms. The van der Waals surface area contributed by atoms with Crippen LogP contribution in [0.3, 0.4) is 0 Å². The summed E-state index contributed by atoms with van der Waals surface area (Å²) in [6, 6.07) is 5.47. The van der Waals surface area contributed by atoms with E-state index >= 15 is 0 Å². The van der Waals surface area contributed by atoms with Gasteiger partial charge in [-0.05, 0) is 29.7 Å². The number of aliphatic imine (C=N–C) groups is 1. The van der Waals surface area contributed by atoms with Crippen LogP contribution in [0.1, 0.15) is 30.9 Å². The number of allylic oxidation sites excluding steroid dienone is 1. The fourth-order valence-electron chi connectivity index (χ4n) is 2.61. The van der Waals surface area contributed by atoms with Gasteiger partial charge in [-0.15, -0.1) is 5.10 Å². The third-order valence-electron chi connectivity index (χ3n) is 4.08. The van der Waals surface area contributed by atoms with E-state index in [2.05, 4.69) is 44.3 Å². The van der Waals surface area contributed by atoms with Gasteiger partial charge in [-0.1, -0.05) is 13.8 Å². The molecule has 0 saturated carbocycles. The minimum absolute atomic E-state index is 0.231. The van der Waals surface area contributed by atoms with E-state index in [0.29, 0.717) is 39.7 Å². The molecule has 0 aliphatic heterocycles. The molecule has 0 radical (unpaired) electrons. The van der Waals surface area contributed by atoms with E-state index < -0.39 is 0 Å². The van der Waals surface area contributed by atoms with Crippen LogP contribution in [0.4, 0.5) is 11.6 Å². The Morgan fingerprint density at radius 1 is 1.33 bits per heavy atom. The molecule has 0 aromatic carbocycles. The third-order valence-corrected chi connectivity index (χ3v) is 4.08. The zero-order chi connectivity index (χ0) is 19.4. The van der Waals surface area contributed by atoms with Crippen LogP contribution >= 0.6 is 0 Å². The van der Waals surface area contributed by atoms with Gasteiger partial charge in [-0.25, -0.2) is 4.98 Å². The summed E-state index contributed by atoms with van der Waals surface area (Å²) in [6.45, 7) is 4.16. The molecule has 0 spiro atoms. The molecular weight excluding hydrogens is 342 g/mol. The number of aromatic amines is 1. The van der Waals surface area contributed by atoms with Crippen LogP contribution in [0.25, 0.3) is 16.6 Å². The fraction of sp³-hybridized carbons (Fsp3) is 0.211. The number of pyridine rings is 2. The summed E-state index contributed by atoms with van der Waals surface area (Å²) >= 11 is 0. The second kappa shape index (κ2) is 7.77. The fourth-order valence-corrected chi connectivity index (χ4v) is 2.61. The summed E-state index contributed by atoms with van der Waals surface area (Å²) in [4.78, 5) is 24.3. The van der Waals surface area contributed by atoms with Crippen molar-refractivity contribution in [3.63, 3.8) is 0 Å². The highest BCUT2D eigenvalue weighted by Crippen LogP contribution is 2.19. The zero-order valence-corrected chi connectivity index (χ0v) is 15.4. The van der Waals surface area contributed by atoms with Gasteiger partial charge < -0.3 is 16.0 Å². The van der Waals surface area contributed by atoms with Crippen molar-refractivity contribution in [2.75, 3.05) is 12.4 Å². The molecule has 0 unspecified atom stereocenters. The molecule has 0 saturated heterocycles. The van der Waals surface area contributed by atoms with Crippen LogP contribution in [-0.2, 0) is 0 Å². The number of hydrogen-bond donors (Lipinski definition) is 3. The van der Waals surface area contributed by atoms with Crippen molar-refractivity contribution in [2.24, 2.45) is 10.7 Å². The van der Waals surface area contributed by atoms with Crippen molar-refractivity contribution in [3.8, 4) is 0 Å². The number of nitrogens with one attached hydrogen (secondary N) is 2. The lowest BCUT2D eigenvalue weighted by molar-refractivity contribution is 0.843. The lowest BCUT2D eigenvalue weighted by Gasteiger charge is -2.09. The maximum absolute atomic E-state index is 12.9. The minimum atomic E-state index is -0.231. The Bertz CT molecular complexity index is 1080. The molecule has 3 rings (SSSR count). The van der Waals surface area contributed by atoms with Crippen LogP contribution in [-0.4, -0.2) is 33.4 Å². The van der Waals surface area contributed by atoms with Gasteiger partial charge in [0.15, 0.2) is 5.82 Å². The van der Waals surface area contributed by atoms with E-state index in [-0.39, 0.29) is 5.43 Å². The second-order valence-corrected chi connectivity index (χ2v) is 6.29. The summed E-state index contributed by atoms with van der Waals surface area (Å²) in [7, 11) is 1.62. The molecule has 0 fully saturated rings. The van der Waals surface area contributed by atoms with Crippen molar-refractivity contribution < 1.29 is 0 Å². The number of fused-ring (bicyclic) bond motifs is 1. The van der Waals surface area contributed by atoms with Gasteiger partial charge in [-0.2, -0.15) is 5.10 Å². The summed E-state index contributed by atoms with van der Waals surface area (Å²) < 4.78 is 0. The van der Waals surface area contributed by atoms with Gasteiger partial charge >= 0.3 is 0 Å². The number of hydrogen-bond acceptors (Lipinski definition) is 7. The largest absolute Gasteiger partial charge is 0.404 e. The monoisotopic (exact) mass is 363 g/mol. The first kappa shape index (κ1) is 18.2. The minimum Gasteiger partial charge on any atom is -0.404 e. The summed E-state index contributed by atoms with van der Waals surface area (Å²) in [6.07, 6.45) is 6.22. The first-order valence-electron chi connectivity index (χ1n) is 8.50. The Kier molecular flexibility index (Phi) is 5.25. The molecular formula is C19H21N7O. The average molecular weight is 363 g/mol. The summed E-state index contributed by atoms with van der Waals surface area (Å²) in [5, 5.41) is 11.2. The van der Waals surface area contributed by atoms with Crippen LogP contribution in [0.5, 0.6) is 0 Å². The number of H-pyrrole nitrogens is 1. The Balaban J connectivity index is 2.03. The first-order chi connectivity index (χ1) is 13.0. The maximum Gasteiger partial charge on any atom is 0.215 e. The smallest absolute Gasteiger partial charge is 0.215 e. The van der Waals surface area contributed by atoms with Gasteiger partial charge in [-0.3, -0.25) is 9.79 Å². The molecule has 3 aromatic heterocycles. The highest BCUT2D eigenvalue weighted by molar-refractivity contribution is 6.10.